The summed E-state index contributed by atoms with van der Waals surface area (Å²) in [5, 5.41) is 2.19. The van der Waals surface area contributed by atoms with E-state index < -0.39 is 13.7 Å². The summed E-state index contributed by atoms with van der Waals surface area (Å²) in [5.74, 6) is -0.744. The number of nitrogens with two attached hydrogens (primary N) is 2. The second-order valence-electron chi connectivity index (χ2n) is 3.27. The molecule has 0 saturated heterocycles. The summed E-state index contributed by atoms with van der Waals surface area (Å²) >= 11 is 0. The predicted octanol–water partition coefficient (Wildman–Crippen LogP) is -8.58. The summed E-state index contributed by atoms with van der Waals surface area (Å²) in [4.78, 5) is 24.5. The Bertz CT molecular complexity index is 508. The van der Waals surface area contributed by atoms with E-state index in [1.54, 1.807) is 0 Å². The first-order valence-electron chi connectivity index (χ1n) is 4.85. The zero-order valence-corrected chi connectivity index (χ0v) is 16.7. The van der Waals surface area contributed by atoms with Crippen LogP contribution in [0, 0.1) is 0 Å². The van der Waals surface area contributed by atoms with Gasteiger partial charge in [0.25, 0.3) is 0 Å². The number of nitrogens with zero attached hydrogens (tertiary/aromatic N) is 2. The third-order valence-electron chi connectivity index (χ3n) is 1.76. The number of nitrogens with one attached hydrogen (secondary N) is 1. The second kappa shape index (κ2) is 12.6. The normalized spacial score (nSPS) is 11.5. The minimum absolute atomic E-state index is 0. The molecule has 106 valence electrons. The Kier molecular flexibility index (Phi) is 15.6. The number of rotatable bonds is 3. The van der Waals surface area contributed by atoms with E-state index in [0.29, 0.717) is 6.54 Å². The van der Waals surface area contributed by atoms with Crippen molar-refractivity contribution in [1.82, 2.24) is 5.32 Å². The molecule has 1 aromatic rings. The zero-order valence-electron chi connectivity index (χ0n) is 11.8. The van der Waals surface area contributed by atoms with Crippen molar-refractivity contribution < 1.29 is 78.9 Å². The van der Waals surface area contributed by atoms with Crippen molar-refractivity contribution in [3.05, 3.63) is 35.9 Å². The van der Waals surface area contributed by atoms with Crippen LogP contribution in [0.3, 0.4) is 0 Å². The largest absolute Gasteiger partial charge is 1.00 e. The van der Waals surface area contributed by atoms with E-state index in [1.807, 2.05) is 30.3 Å². The fraction of sp³-hybridized carbons (Fsp3) is 0.111. The Hall–Kier alpha value is 0.0700. The average Bonchev–Trinajstić information content (AvgIpc) is 2.25. The molecule has 7 N–H and O–H groups in total. The molecule has 0 aromatic heterocycles. The van der Waals surface area contributed by atoms with Crippen LogP contribution in [0.2, 0.25) is 0 Å². The molecule has 0 heterocycles. The van der Waals surface area contributed by atoms with Gasteiger partial charge in [-0.15, -0.1) is 0 Å². The van der Waals surface area contributed by atoms with Crippen LogP contribution in [0.5, 0.6) is 0 Å². The average molecular weight is 333 g/mol. The fourth-order valence-electron chi connectivity index (χ4n) is 1.09. The molecule has 0 aliphatic rings. The van der Waals surface area contributed by atoms with Crippen LogP contribution in [0.15, 0.2) is 40.1 Å². The third-order valence-corrected chi connectivity index (χ3v) is 2.22. The third kappa shape index (κ3) is 13.5. The Labute approximate surface area is 166 Å². The van der Waals surface area contributed by atoms with E-state index in [2.05, 4.69) is 15.1 Å². The molecule has 0 radical (unpaired) electrons. The predicted molar refractivity (Wildman–Crippen MR) is 67.7 cm³/mol. The topological polar surface area (TPSA) is 183 Å². The molecule has 0 saturated carbocycles. The number of benzene rings is 1. The minimum atomic E-state index is -5.07. The zero-order chi connectivity index (χ0) is 13.6. The number of guanidine groups is 2. The van der Waals surface area contributed by atoms with Crippen LogP contribution in [-0.4, -0.2) is 17.4 Å². The Morgan fingerprint density at radius 1 is 1.14 bits per heavy atom. The Balaban J connectivity index is -0.00000108. The molecule has 0 aliphatic heterocycles. The number of hydrogen-bond donors (Lipinski definition) is 3. The summed E-state index contributed by atoms with van der Waals surface area (Å²) in [5.41, 5.74) is 11.5. The van der Waals surface area contributed by atoms with Crippen molar-refractivity contribution in [2.45, 2.75) is 6.54 Å². The minimum Gasteiger partial charge on any atom is -0.793 e. The summed E-state index contributed by atoms with van der Waals surface area (Å²) in [6.07, 6.45) is 0. The van der Waals surface area contributed by atoms with Crippen molar-refractivity contribution in [3.8, 4) is 0 Å². The van der Waals surface area contributed by atoms with Gasteiger partial charge in [-0.3, -0.25) is 5.32 Å². The van der Waals surface area contributed by atoms with Crippen molar-refractivity contribution >= 4 is 19.7 Å². The smallest absolute Gasteiger partial charge is 0.793 e. The number of hydrogen-bond acceptors (Lipinski definition) is 4. The molecular formula is C9H14N5Na2O4P. The standard InChI is InChI=1S/C9H14N5O3P.2Na.H2O/c10-8(13-9(11)14-18(15,16)17)12-6-7-4-2-1-3-5-7;;;/h1-5H,6H2,(H7,10,11,12,13,14,15,16,17);;;1H2/q;2*+1;/p-2. The molecule has 21 heavy (non-hydrogen) atoms. The molecule has 12 heteroatoms. The molecule has 0 spiro atoms. The van der Waals surface area contributed by atoms with Crippen molar-refractivity contribution in [1.29, 1.82) is 0 Å². The number of aliphatic imine (C=N–C) groups is 1. The van der Waals surface area contributed by atoms with E-state index in [-0.39, 0.29) is 70.6 Å². The van der Waals surface area contributed by atoms with Gasteiger partial charge in [0, 0.05) is 0 Å². The van der Waals surface area contributed by atoms with E-state index >= 15 is 0 Å². The van der Waals surface area contributed by atoms with Crippen molar-refractivity contribution in [3.63, 3.8) is 0 Å². The van der Waals surface area contributed by atoms with Crippen LogP contribution in [0.4, 0.5) is 0 Å². The van der Waals surface area contributed by atoms with Gasteiger partial charge >= 0.3 is 59.1 Å². The van der Waals surface area contributed by atoms with Crippen LogP contribution < -0.4 is 85.7 Å². The SMILES string of the molecule is NC(=NCc1ccccc1)NC(N)=NP(=O)([O-])[O-].O.[Na+].[Na+]. The van der Waals surface area contributed by atoms with Gasteiger partial charge in [-0.2, -0.15) is 0 Å². The molecule has 9 nitrogen and oxygen atoms in total. The first-order chi connectivity index (χ1) is 8.37. The van der Waals surface area contributed by atoms with Gasteiger partial charge in [0.05, 0.1) is 14.3 Å². The first-order valence-corrected chi connectivity index (χ1v) is 6.35. The van der Waals surface area contributed by atoms with E-state index in [4.69, 9.17) is 11.5 Å². The molecule has 0 bridgehead atoms. The van der Waals surface area contributed by atoms with Crippen LogP contribution in [0.25, 0.3) is 0 Å². The maximum absolute atomic E-state index is 10.3. The molecule has 0 atom stereocenters. The summed E-state index contributed by atoms with van der Waals surface area (Å²) < 4.78 is 13.0. The molecule has 0 fully saturated rings. The van der Waals surface area contributed by atoms with Crippen LogP contribution in [0.1, 0.15) is 5.56 Å². The summed E-state index contributed by atoms with van der Waals surface area (Å²) in [6, 6.07) is 9.24. The maximum atomic E-state index is 10.3. The second-order valence-corrected chi connectivity index (χ2v) is 4.40. The maximum Gasteiger partial charge on any atom is 1.00 e. The quantitative estimate of drug-likeness (QED) is 0.213. The molecule has 1 rings (SSSR count). The Morgan fingerprint density at radius 2 is 1.67 bits per heavy atom. The van der Waals surface area contributed by atoms with Crippen LogP contribution in [-0.2, 0) is 11.1 Å². The van der Waals surface area contributed by atoms with E-state index in [1.165, 1.54) is 0 Å². The molecule has 0 amide bonds. The van der Waals surface area contributed by atoms with Gasteiger partial charge in [0.2, 0.25) is 0 Å². The first kappa shape index (κ1) is 26.0. The van der Waals surface area contributed by atoms with E-state index in [0.717, 1.165) is 5.56 Å². The fourth-order valence-corrected chi connectivity index (χ4v) is 1.40. The summed E-state index contributed by atoms with van der Waals surface area (Å²) in [6.45, 7) is 0.291. The van der Waals surface area contributed by atoms with Crippen molar-refractivity contribution in [2.24, 2.45) is 21.2 Å². The van der Waals surface area contributed by atoms with Crippen molar-refractivity contribution in [2.75, 3.05) is 0 Å². The van der Waals surface area contributed by atoms with Gasteiger partial charge in [-0.25, -0.2) is 9.76 Å². The van der Waals surface area contributed by atoms with Gasteiger partial charge in [0.15, 0.2) is 11.9 Å². The van der Waals surface area contributed by atoms with Gasteiger partial charge < -0.3 is 31.3 Å². The Morgan fingerprint density at radius 3 is 2.14 bits per heavy atom. The summed E-state index contributed by atoms with van der Waals surface area (Å²) in [7, 11) is -5.07. The van der Waals surface area contributed by atoms with Crippen LogP contribution >= 0.6 is 7.75 Å². The van der Waals surface area contributed by atoms with Gasteiger partial charge in [-0.05, 0) is 5.56 Å². The monoisotopic (exact) mass is 333 g/mol. The molecule has 0 aliphatic carbocycles. The molecular weight excluding hydrogens is 319 g/mol. The molecule has 1 aromatic carbocycles. The van der Waals surface area contributed by atoms with Gasteiger partial charge in [0.1, 0.15) is 0 Å². The van der Waals surface area contributed by atoms with E-state index in [9.17, 15) is 14.4 Å². The van der Waals surface area contributed by atoms with Gasteiger partial charge in [-0.1, -0.05) is 30.3 Å². The molecule has 0 unspecified atom stereocenters.